The summed E-state index contributed by atoms with van der Waals surface area (Å²) in [6.07, 6.45) is 9.45. The van der Waals surface area contributed by atoms with Gasteiger partial charge in [0, 0.05) is 56.6 Å². The average Bonchev–Trinajstić information content (AvgIpc) is 3.38. The quantitative estimate of drug-likeness (QED) is 0.355. The first-order valence-electron chi connectivity index (χ1n) is 14.8. The molecule has 9 heteroatoms. The molecule has 2 unspecified atom stereocenters. The summed E-state index contributed by atoms with van der Waals surface area (Å²) < 4.78 is 6.28. The molecule has 2 atom stereocenters. The molecule has 5 rings (SSSR count). The summed E-state index contributed by atoms with van der Waals surface area (Å²) in [4.78, 5) is 31.0. The second-order valence-corrected chi connectivity index (χ2v) is 11.2. The predicted molar refractivity (Wildman–Crippen MR) is 164 cm³/mol. The second-order valence-electron chi connectivity index (χ2n) is 11.2. The zero-order valence-electron chi connectivity index (χ0n) is 24.1. The zero-order valence-corrected chi connectivity index (χ0v) is 24.1. The molecule has 2 fully saturated rings. The van der Waals surface area contributed by atoms with Crippen molar-refractivity contribution in [3.63, 3.8) is 0 Å². The summed E-state index contributed by atoms with van der Waals surface area (Å²) in [6, 6.07) is 17.7. The van der Waals surface area contributed by atoms with Gasteiger partial charge in [-0.25, -0.2) is 0 Å². The van der Waals surface area contributed by atoms with E-state index in [1.165, 1.54) is 0 Å². The number of benzene rings is 2. The Morgan fingerprint density at radius 2 is 1.69 bits per heavy atom. The third-order valence-corrected chi connectivity index (χ3v) is 7.93. The Labute approximate surface area is 248 Å². The number of nitrogens with one attached hydrogen (secondary N) is 2. The van der Waals surface area contributed by atoms with Gasteiger partial charge in [-0.2, -0.15) is 0 Å². The van der Waals surface area contributed by atoms with Crippen molar-refractivity contribution in [2.45, 2.75) is 37.8 Å². The highest BCUT2D eigenvalue weighted by atomic mass is 16.5. The van der Waals surface area contributed by atoms with E-state index in [1.54, 1.807) is 0 Å². The fourth-order valence-corrected chi connectivity index (χ4v) is 5.82. The number of piperazine rings is 1. The fourth-order valence-electron chi connectivity index (χ4n) is 5.82. The molecule has 0 saturated carbocycles. The molecule has 42 heavy (non-hydrogen) atoms. The molecule has 3 N–H and O–H groups in total. The Morgan fingerprint density at radius 3 is 2.38 bits per heavy atom. The second kappa shape index (κ2) is 14.2. The van der Waals surface area contributed by atoms with Gasteiger partial charge in [-0.1, -0.05) is 49.1 Å². The largest absolute Gasteiger partial charge is 0.489 e. The van der Waals surface area contributed by atoms with Gasteiger partial charge in [0.15, 0.2) is 0 Å². The fraction of sp³-hybridized carbons (Fsp3) is 0.394. The number of hydrogen-bond donors (Lipinski definition) is 3. The van der Waals surface area contributed by atoms with Crippen LogP contribution in [0.1, 0.15) is 24.8 Å². The van der Waals surface area contributed by atoms with Gasteiger partial charge in [-0.3, -0.25) is 19.4 Å². The van der Waals surface area contributed by atoms with Crippen molar-refractivity contribution in [2.75, 3.05) is 51.1 Å². The number of anilines is 1. The molecule has 222 valence electrons. The van der Waals surface area contributed by atoms with E-state index in [4.69, 9.17) is 9.84 Å². The zero-order chi connectivity index (χ0) is 29.3. The van der Waals surface area contributed by atoms with E-state index in [0.717, 1.165) is 61.6 Å². The van der Waals surface area contributed by atoms with Crippen LogP contribution in [0.3, 0.4) is 0 Å². The Kier molecular flexibility index (Phi) is 9.94. The minimum absolute atomic E-state index is 0.0377. The molecule has 2 aliphatic heterocycles. The van der Waals surface area contributed by atoms with Crippen LogP contribution in [0, 0.1) is 0 Å². The van der Waals surface area contributed by atoms with Crippen LogP contribution in [0.5, 0.6) is 5.75 Å². The van der Waals surface area contributed by atoms with Crippen LogP contribution < -0.4 is 15.4 Å². The van der Waals surface area contributed by atoms with E-state index in [-0.39, 0.29) is 24.6 Å². The number of para-hydroxylation sites is 1. The van der Waals surface area contributed by atoms with Gasteiger partial charge in [0.2, 0.25) is 5.91 Å². The number of ether oxygens (including phenoxy) is 1. The summed E-state index contributed by atoms with van der Waals surface area (Å²) in [7, 11) is 0. The monoisotopic (exact) mass is 571 g/mol. The summed E-state index contributed by atoms with van der Waals surface area (Å²) in [6.45, 7) is 8.46. The van der Waals surface area contributed by atoms with Crippen LogP contribution >= 0.6 is 0 Å². The minimum Gasteiger partial charge on any atom is -0.489 e. The molecular weight excluding hydrogens is 530 g/mol. The van der Waals surface area contributed by atoms with Crippen molar-refractivity contribution in [1.29, 1.82) is 0 Å². The molecule has 1 aliphatic carbocycles. The van der Waals surface area contributed by atoms with Crippen molar-refractivity contribution >= 4 is 17.6 Å². The number of carbonyl (C=O) groups is 2. The number of amides is 1. The van der Waals surface area contributed by atoms with Crippen LogP contribution in [0.25, 0.3) is 0 Å². The van der Waals surface area contributed by atoms with Gasteiger partial charge >= 0.3 is 5.97 Å². The molecule has 2 saturated heterocycles. The third kappa shape index (κ3) is 8.47. The van der Waals surface area contributed by atoms with E-state index in [0.29, 0.717) is 31.9 Å². The van der Waals surface area contributed by atoms with Crippen molar-refractivity contribution in [2.24, 2.45) is 0 Å². The minimum atomic E-state index is -0.795. The van der Waals surface area contributed by atoms with Gasteiger partial charge in [0.1, 0.15) is 17.7 Å². The molecule has 2 heterocycles. The van der Waals surface area contributed by atoms with Crippen LogP contribution in [-0.2, 0) is 16.0 Å². The third-order valence-electron chi connectivity index (χ3n) is 7.93. The molecule has 9 nitrogen and oxygen atoms in total. The molecular formula is C33H41N5O4. The van der Waals surface area contributed by atoms with Crippen LogP contribution in [0.15, 0.2) is 90.9 Å². The SMILES string of the molecule is C=C(NC1=CCCC=C1)Nc1ccc(CC(=O)N2CC(Oc3ccccc3)CC2CN2CCN(CC(=O)O)CC2)cc1. The Morgan fingerprint density at radius 1 is 0.952 bits per heavy atom. The van der Waals surface area contributed by atoms with Gasteiger partial charge in [0.25, 0.3) is 0 Å². The highest BCUT2D eigenvalue weighted by Crippen LogP contribution is 2.25. The summed E-state index contributed by atoms with van der Waals surface area (Å²) in [5, 5.41) is 15.7. The first kappa shape index (κ1) is 29.4. The average molecular weight is 572 g/mol. The Balaban J connectivity index is 1.18. The van der Waals surface area contributed by atoms with Crippen molar-refractivity contribution in [3.8, 4) is 5.75 Å². The summed E-state index contributed by atoms with van der Waals surface area (Å²) >= 11 is 0. The van der Waals surface area contributed by atoms with Crippen molar-refractivity contribution < 1.29 is 19.4 Å². The molecule has 0 radical (unpaired) electrons. The number of hydrogen-bond acceptors (Lipinski definition) is 7. The molecule has 2 aromatic rings. The summed E-state index contributed by atoms with van der Waals surface area (Å²) in [5.41, 5.74) is 2.90. The lowest BCUT2D eigenvalue weighted by atomic mass is 10.1. The molecule has 1 amide bonds. The molecule has 0 bridgehead atoms. The van der Waals surface area contributed by atoms with E-state index in [9.17, 15) is 9.59 Å². The number of rotatable bonds is 12. The van der Waals surface area contributed by atoms with E-state index in [2.05, 4.69) is 40.3 Å². The van der Waals surface area contributed by atoms with Crippen LogP contribution in [-0.4, -0.2) is 89.6 Å². The van der Waals surface area contributed by atoms with Gasteiger partial charge in [0.05, 0.1) is 19.5 Å². The van der Waals surface area contributed by atoms with Gasteiger partial charge in [-0.05, 0) is 48.7 Å². The molecule has 0 aromatic heterocycles. The van der Waals surface area contributed by atoms with Crippen molar-refractivity contribution in [3.05, 3.63) is 96.5 Å². The summed E-state index contributed by atoms with van der Waals surface area (Å²) in [5.74, 6) is 0.806. The first-order chi connectivity index (χ1) is 20.4. The number of carboxylic acids is 1. The van der Waals surface area contributed by atoms with Crippen LogP contribution in [0.2, 0.25) is 0 Å². The molecule has 0 spiro atoms. The molecule has 2 aromatic carbocycles. The van der Waals surface area contributed by atoms with E-state index < -0.39 is 5.97 Å². The highest BCUT2D eigenvalue weighted by molar-refractivity contribution is 5.79. The molecule has 3 aliphatic rings. The van der Waals surface area contributed by atoms with Crippen molar-refractivity contribution in [1.82, 2.24) is 20.0 Å². The topological polar surface area (TPSA) is 97.4 Å². The Hall–Kier alpha value is -4.08. The van der Waals surface area contributed by atoms with Gasteiger partial charge < -0.3 is 25.4 Å². The standard InChI is InChI=1S/C33H41N5O4/c1-25(34-27-8-4-2-5-9-27)35-28-14-12-26(13-15-28)20-32(39)38-23-31(42-30-10-6-3-7-11-30)21-29(38)22-36-16-18-37(19-17-36)24-33(40)41/h3-4,6-15,29,31,34-35H,1-2,5,16-24H2,(H,40,41). The highest BCUT2D eigenvalue weighted by Gasteiger charge is 2.37. The number of likely N-dealkylation sites (tertiary alicyclic amines) is 1. The maximum atomic E-state index is 13.6. The number of nitrogens with zero attached hydrogens (tertiary/aromatic N) is 3. The Bertz CT molecular complexity index is 1290. The normalized spacial score (nSPS) is 21.0. The number of aliphatic carboxylic acids is 1. The number of carboxylic acid groups (broad SMARTS) is 1. The maximum Gasteiger partial charge on any atom is 0.317 e. The van der Waals surface area contributed by atoms with Gasteiger partial charge in [-0.15, -0.1) is 0 Å². The first-order valence-corrected chi connectivity index (χ1v) is 14.8. The lowest BCUT2D eigenvalue weighted by Gasteiger charge is -2.36. The van der Waals surface area contributed by atoms with E-state index >= 15 is 0 Å². The smallest absolute Gasteiger partial charge is 0.317 e. The lowest BCUT2D eigenvalue weighted by Crippen LogP contribution is -2.52. The van der Waals surface area contributed by atoms with Crippen LogP contribution in [0.4, 0.5) is 5.69 Å². The lowest BCUT2D eigenvalue weighted by molar-refractivity contribution is -0.139. The number of carbonyl (C=O) groups excluding carboxylic acids is 1. The maximum absolute atomic E-state index is 13.6. The number of allylic oxidation sites excluding steroid dienone is 3. The predicted octanol–water partition coefficient (Wildman–Crippen LogP) is 3.69. The van der Waals surface area contributed by atoms with E-state index in [1.807, 2.05) is 64.4 Å².